The van der Waals surface area contributed by atoms with Crippen LogP contribution in [0.5, 0.6) is 0 Å². The van der Waals surface area contributed by atoms with Crippen LogP contribution in [-0.4, -0.2) is 15.5 Å². The number of carbonyl (C=O) groups excluding carboxylic acids is 1. The molecule has 0 radical (unpaired) electrons. The number of nitrogens with zero attached hydrogens (tertiary/aromatic N) is 2. The number of fused-ring (bicyclic) bond motifs is 1. The van der Waals surface area contributed by atoms with Gasteiger partial charge in [0.25, 0.3) is 5.91 Å². The van der Waals surface area contributed by atoms with Crippen molar-refractivity contribution in [1.29, 1.82) is 0 Å². The lowest BCUT2D eigenvalue weighted by molar-refractivity contribution is 0.0952. The van der Waals surface area contributed by atoms with Gasteiger partial charge in [-0.3, -0.25) is 14.3 Å². The molecule has 0 fully saturated rings. The molecule has 1 aliphatic rings. The number of pyridine rings is 1. The Kier molecular flexibility index (Phi) is 3.71. The Morgan fingerprint density at radius 3 is 3.04 bits per heavy atom. The number of hydrogen-bond donors (Lipinski definition) is 1. The minimum atomic E-state index is -0.0583. The lowest BCUT2D eigenvalue weighted by Gasteiger charge is -2.12. The highest BCUT2D eigenvalue weighted by molar-refractivity contribution is 9.10. The van der Waals surface area contributed by atoms with Gasteiger partial charge in [-0.2, -0.15) is 0 Å². The van der Waals surface area contributed by atoms with Gasteiger partial charge in [-0.05, 0) is 24.3 Å². The molecule has 3 heterocycles. The summed E-state index contributed by atoms with van der Waals surface area (Å²) in [6.45, 7) is 0. The third-order valence-electron chi connectivity index (χ3n) is 3.70. The van der Waals surface area contributed by atoms with Crippen LogP contribution in [0.1, 0.15) is 15.7 Å². The number of aromatic nitrogens is 2. The third kappa shape index (κ3) is 2.68. The van der Waals surface area contributed by atoms with Gasteiger partial charge in [-0.1, -0.05) is 28.1 Å². The molecule has 114 valence electrons. The molecule has 23 heavy (non-hydrogen) atoms. The maximum absolute atomic E-state index is 12.8. The van der Waals surface area contributed by atoms with Gasteiger partial charge in [-0.15, -0.1) is 11.8 Å². The zero-order valence-corrected chi connectivity index (χ0v) is 14.3. The smallest absolute Gasteiger partial charge is 0.279 e. The number of hydrogen-bond acceptors (Lipinski definition) is 4. The molecule has 1 atom stereocenters. The van der Waals surface area contributed by atoms with E-state index < -0.39 is 0 Å². The van der Waals surface area contributed by atoms with E-state index in [1.807, 2.05) is 54.2 Å². The fourth-order valence-electron chi connectivity index (χ4n) is 2.56. The standard InChI is InChI=1S/C17H12BrN3OS/c18-13-4-3-11-5-7-21(15(11)8-13)17(22)14-10-23-16(20-14)12-2-1-6-19-9-12/h1-10,16,20H. The second-order valence-electron chi connectivity index (χ2n) is 5.17. The fourth-order valence-corrected chi connectivity index (χ4v) is 3.84. The number of benzene rings is 1. The van der Waals surface area contributed by atoms with Crippen LogP contribution in [-0.2, 0) is 0 Å². The topological polar surface area (TPSA) is 46.9 Å². The predicted molar refractivity (Wildman–Crippen MR) is 96.1 cm³/mol. The fraction of sp³-hybridized carbons (Fsp3) is 0.0588. The molecule has 4 rings (SSSR count). The van der Waals surface area contributed by atoms with E-state index in [0.29, 0.717) is 5.70 Å². The normalized spacial score (nSPS) is 17.1. The minimum Gasteiger partial charge on any atom is -0.364 e. The van der Waals surface area contributed by atoms with Crippen LogP contribution in [0, 0.1) is 0 Å². The quantitative estimate of drug-likeness (QED) is 0.713. The van der Waals surface area contributed by atoms with Gasteiger partial charge in [-0.25, -0.2) is 0 Å². The van der Waals surface area contributed by atoms with Crippen molar-refractivity contribution in [1.82, 2.24) is 14.9 Å². The molecule has 0 aliphatic carbocycles. The van der Waals surface area contributed by atoms with Crippen molar-refractivity contribution >= 4 is 44.5 Å². The summed E-state index contributed by atoms with van der Waals surface area (Å²) >= 11 is 5.04. The van der Waals surface area contributed by atoms with Crippen LogP contribution >= 0.6 is 27.7 Å². The summed E-state index contributed by atoms with van der Waals surface area (Å²) in [4.78, 5) is 16.9. The number of nitrogens with one attached hydrogen (secondary N) is 1. The Bertz CT molecular complexity index is 920. The Labute approximate surface area is 145 Å². The number of carbonyl (C=O) groups is 1. The first-order valence-electron chi connectivity index (χ1n) is 7.06. The van der Waals surface area contributed by atoms with E-state index >= 15 is 0 Å². The average Bonchev–Trinajstić information content (AvgIpc) is 3.22. The number of rotatable bonds is 2. The summed E-state index contributed by atoms with van der Waals surface area (Å²) in [5, 5.41) is 6.22. The van der Waals surface area contributed by atoms with Crippen molar-refractivity contribution < 1.29 is 4.79 Å². The van der Waals surface area contributed by atoms with E-state index in [1.165, 1.54) is 0 Å². The molecule has 3 aromatic rings. The van der Waals surface area contributed by atoms with Crippen LogP contribution in [0.15, 0.2) is 70.6 Å². The first-order valence-corrected chi connectivity index (χ1v) is 8.79. The van der Waals surface area contributed by atoms with E-state index in [0.717, 1.165) is 20.9 Å². The van der Waals surface area contributed by atoms with Crippen LogP contribution < -0.4 is 5.32 Å². The molecule has 0 bridgehead atoms. The van der Waals surface area contributed by atoms with Gasteiger partial charge < -0.3 is 5.32 Å². The molecule has 6 heteroatoms. The van der Waals surface area contributed by atoms with E-state index in [9.17, 15) is 4.79 Å². The van der Waals surface area contributed by atoms with Crippen LogP contribution in [0.25, 0.3) is 10.9 Å². The van der Waals surface area contributed by atoms with Crippen molar-refractivity contribution in [3.8, 4) is 0 Å². The summed E-state index contributed by atoms with van der Waals surface area (Å²) < 4.78 is 2.62. The maximum atomic E-state index is 12.8. The molecule has 1 unspecified atom stereocenters. The number of allylic oxidation sites excluding steroid dienone is 1. The van der Waals surface area contributed by atoms with Crippen LogP contribution in [0.4, 0.5) is 0 Å². The average molecular weight is 386 g/mol. The highest BCUT2D eigenvalue weighted by Crippen LogP contribution is 2.34. The monoisotopic (exact) mass is 385 g/mol. The molecule has 1 aromatic carbocycles. The summed E-state index contributed by atoms with van der Waals surface area (Å²) in [6, 6.07) is 11.8. The first-order chi connectivity index (χ1) is 11.2. The van der Waals surface area contributed by atoms with Gasteiger partial charge in [0.2, 0.25) is 0 Å². The summed E-state index contributed by atoms with van der Waals surface area (Å²) in [5.74, 6) is -0.0583. The Balaban J connectivity index is 1.61. The molecule has 0 saturated carbocycles. The van der Waals surface area contributed by atoms with Gasteiger partial charge in [0.05, 0.1) is 5.52 Å². The zero-order chi connectivity index (χ0) is 15.8. The van der Waals surface area contributed by atoms with Crippen molar-refractivity contribution in [3.05, 3.63) is 76.1 Å². The lowest BCUT2D eigenvalue weighted by atomic mass is 10.2. The second-order valence-corrected chi connectivity index (χ2v) is 7.07. The van der Waals surface area contributed by atoms with Gasteiger partial charge in [0.15, 0.2) is 0 Å². The zero-order valence-electron chi connectivity index (χ0n) is 11.9. The van der Waals surface area contributed by atoms with Crippen molar-refractivity contribution in [3.63, 3.8) is 0 Å². The molecular formula is C17H12BrN3OS. The van der Waals surface area contributed by atoms with Gasteiger partial charge in [0.1, 0.15) is 11.1 Å². The predicted octanol–water partition coefficient (Wildman–Crippen LogP) is 4.32. The molecule has 0 saturated heterocycles. The number of halogens is 1. The molecule has 2 aromatic heterocycles. The van der Waals surface area contributed by atoms with E-state index in [1.54, 1.807) is 22.5 Å². The molecule has 0 amide bonds. The highest BCUT2D eigenvalue weighted by atomic mass is 79.9. The van der Waals surface area contributed by atoms with Crippen LogP contribution in [0.3, 0.4) is 0 Å². The van der Waals surface area contributed by atoms with Crippen molar-refractivity contribution in [2.75, 3.05) is 0 Å². The first kappa shape index (κ1) is 14.5. The molecule has 1 aliphatic heterocycles. The summed E-state index contributed by atoms with van der Waals surface area (Å²) in [7, 11) is 0. The third-order valence-corrected chi connectivity index (χ3v) is 5.23. The van der Waals surface area contributed by atoms with E-state index in [4.69, 9.17) is 0 Å². The van der Waals surface area contributed by atoms with E-state index in [2.05, 4.69) is 26.2 Å². The molecule has 0 spiro atoms. The lowest BCUT2D eigenvalue weighted by Crippen LogP contribution is -2.23. The Hall–Kier alpha value is -2.05. The van der Waals surface area contributed by atoms with Crippen LogP contribution in [0.2, 0.25) is 0 Å². The summed E-state index contributed by atoms with van der Waals surface area (Å²) in [6.07, 6.45) is 5.37. The van der Waals surface area contributed by atoms with Gasteiger partial charge >= 0.3 is 0 Å². The Morgan fingerprint density at radius 1 is 1.30 bits per heavy atom. The van der Waals surface area contributed by atoms with E-state index in [-0.39, 0.29) is 11.3 Å². The van der Waals surface area contributed by atoms with Gasteiger partial charge in [0, 0.05) is 39.4 Å². The molecular weight excluding hydrogens is 374 g/mol. The van der Waals surface area contributed by atoms with Crippen molar-refractivity contribution in [2.45, 2.75) is 5.37 Å². The molecule has 4 nitrogen and oxygen atoms in total. The molecule has 1 N–H and O–H groups in total. The Morgan fingerprint density at radius 2 is 2.22 bits per heavy atom. The summed E-state index contributed by atoms with van der Waals surface area (Å²) in [5.41, 5.74) is 2.54. The van der Waals surface area contributed by atoms with Crippen molar-refractivity contribution in [2.24, 2.45) is 0 Å². The minimum absolute atomic E-state index is 0.0243. The highest BCUT2D eigenvalue weighted by Gasteiger charge is 2.24. The SMILES string of the molecule is O=C(C1=CSC(c2cccnc2)N1)n1ccc2ccc(Br)cc21. The number of thioether (sulfide) groups is 1. The maximum Gasteiger partial charge on any atom is 0.279 e. The second kappa shape index (κ2) is 5.86. The largest absolute Gasteiger partial charge is 0.364 e.